The van der Waals surface area contributed by atoms with Gasteiger partial charge in [0.1, 0.15) is 0 Å². The van der Waals surface area contributed by atoms with Gasteiger partial charge in [0.05, 0.1) is 18.1 Å². The molecule has 1 fully saturated rings. The van der Waals surface area contributed by atoms with Gasteiger partial charge in [0.25, 0.3) is 0 Å². The molecule has 37 valence electrons. The highest BCUT2D eigenvalue weighted by atomic mass is 16.3. The Kier molecular flexibility index (Phi) is 0.994. The van der Waals surface area contributed by atoms with Crippen molar-refractivity contribution in [2.75, 3.05) is 0 Å². The lowest BCUT2D eigenvalue weighted by atomic mass is 9.84. The molecular formula is C5H6NO. The number of hydrogen-bond donors (Lipinski definition) is 0. The zero-order valence-corrected chi connectivity index (χ0v) is 3.92. The summed E-state index contributed by atoms with van der Waals surface area (Å²) in [5.74, 6) is 0.0856. The standard InChI is InChI=1S/C5H6NO/c6-3-4-1-5(7)2-4/h4-5H,1-2H2. The van der Waals surface area contributed by atoms with Crippen LogP contribution >= 0.6 is 0 Å². The second-order valence-corrected chi connectivity index (χ2v) is 1.92. The normalized spacial score (nSPS) is 38.9. The van der Waals surface area contributed by atoms with Crippen LogP contribution in [0.1, 0.15) is 12.8 Å². The van der Waals surface area contributed by atoms with Gasteiger partial charge in [0.15, 0.2) is 0 Å². The summed E-state index contributed by atoms with van der Waals surface area (Å²) in [4.78, 5) is 0. The third kappa shape index (κ3) is 0.726. The first kappa shape index (κ1) is 4.61. The second kappa shape index (κ2) is 1.51. The molecule has 7 heavy (non-hydrogen) atoms. The summed E-state index contributed by atoms with van der Waals surface area (Å²) in [6.07, 6.45) is 0.733. The lowest BCUT2D eigenvalue weighted by molar-refractivity contribution is 0.00264. The van der Waals surface area contributed by atoms with Crippen molar-refractivity contribution in [2.24, 2.45) is 5.92 Å². The van der Waals surface area contributed by atoms with E-state index >= 15 is 0 Å². The Morgan fingerprint density at radius 1 is 1.57 bits per heavy atom. The van der Waals surface area contributed by atoms with Gasteiger partial charge in [-0.2, -0.15) is 5.26 Å². The fraction of sp³-hybridized carbons (Fsp3) is 0.800. The Morgan fingerprint density at radius 2 is 2.14 bits per heavy atom. The monoisotopic (exact) mass is 96.0 g/mol. The maximum absolute atomic E-state index is 10.2. The SMILES string of the molecule is N#CC1CC([O])C1. The molecule has 0 atom stereocenters. The minimum absolute atomic E-state index is 0.0856. The van der Waals surface area contributed by atoms with Crippen molar-refractivity contribution in [1.29, 1.82) is 5.26 Å². The van der Waals surface area contributed by atoms with E-state index in [9.17, 15) is 5.11 Å². The van der Waals surface area contributed by atoms with E-state index in [1.807, 2.05) is 6.07 Å². The van der Waals surface area contributed by atoms with Crippen LogP contribution in [0, 0.1) is 17.2 Å². The van der Waals surface area contributed by atoms with Crippen LogP contribution in [0.25, 0.3) is 0 Å². The molecule has 0 aromatic heterocycles. The van der Waals surface area contributed by atoms with Gasteiger partial charge in [-0.25, -0.2) is 5.11 Å². The fourth-order valence-corrected chi connectivity index (χ4v) is 0.671. The molecule has 1 saturated carbocycles. The van der Waals surface area contributed by atoms with E-state index in [4.69, 9.17) is 5.26 Å². The predicted molar refractivity (Wildman–Crippen MR) is 22.8 cm³/mol. The van der Waals surface area contributed by atoms with Gasteiger partial charge in [0, 0.05) is 0 Å². The molecule has 0 saturated heterocycles. The quantitative estimate of drug-likeness (QED) is 0.438. The summed E-state index contributed by atoms with van der Waals surface area (Å²) in [5, 5.41) is 18.3. The smallest absolute Gasteiger partial charge is 0.0955 e. The molecule has 1 aliphatic carbocycles. The molecule has 0 amide bonds. The van der Waals surface area contributed by atoms with Gasteiger partial charge in [-0.1, -0.05) is 0 Å². The summed E-state index contributed by atoms with van der Waals surface area (Å²) < 4.78 is 0. The fourth-order valence-electron chi connectivity index (χ4n) is 0.671. The van der Waals surface area contributed by atoms with Crippen LogP contribution in [0.3, 0.4) is 0 Å². The summed E-state index contributed by atoms with van der Waals surface area (Å²) in [6.45, 7) is 0. The molecule has 1 rings (SSSR count). The van der Waals surface area contributed by atoms with Gasteiger partial charge in [-0.3, -0.25) is 0 Å². The molecule has 2 nitrogen and oxygen atoms in total. The number of rotatable bonds is 0. The molecule has 0 bridgehead atoms. The molecule has 0 unspecified atom stereocenters. The molecule has 1 radical (unpaired) electrons. The molecule has 0 heterocycles. The lowest BCUT2D eigenvalue weighted by Crippen LogP contribution is -2.25. The van der Waals surface area contributed by atoms with Gasteiger partial charge < -0.3 is 0 Å². The number of nitrogens with zero attached hydrogens (tertiary/aromatic N) is 1. The summed E-state index contributed by atoms with van der Waals surface area (Å²) in [7, 11) is 0. The average molecular weight is 96.1 g/mol. The molecule has 2 heteroatoms. The van der Waals surface area contributed by atoms with Crippen LogP contribution in [-0.2, 0) is 5.11 Å². The van der Waals surface area contributed by atoms with Crippen LogP contribution in [0.4, 0.5) is 0 Å². The van der Waals surface area contributed by atoms with Gasteiger partial charge in [-0.15, -0.1) is 0 Å². The van der Waals surface area contributed by atoms with Crippen molar-refractivity contribution in [3.63, 3.8) is 0 Å². The summed E-state index contributed by atoms with van der Waals surface area (Å²) in [6, 6.07) is 2.03. The van der Waals surface area contributed by atoms with Crippen LogP contribution in [0.15, 0.2) is 0 Å². The van der Waals surface area contributed by atoms with Crippen LogP contribution in [-0.4, -0.2) is 6.10 Å². The van der Waals surface area contributed by atoms with E-state index < -0.39 is 6.10 Å². The maximum Gasteiger partial charge on any atom is 0.0955 e. The largest absolute Gasteiger partial charge is 0.233 e. The van der Waals surface area contributed by atoms with Crippen molar-refractivity contribution < 1.29 is 5.11 Å². The van der Waals surface area contributed by atoms with E-state index in [0.717, 1.165) is 0 Å². The molecule has 0 N–H and O–H groups in total. The van der Waals surface area contributed by atoms with E-state index in [-0.39, 0.29) is 5.92 Å². The predicted octanol–water partition coefficient (Wildman–Crippen LogP) is 0.719. The van der Waals surface area contributed by atoms with Crippen molar-refractivity contribution >= 4 is 0 Å². The Labute approximate surface area is 42.4 Å². The van der Waals surface area contributed by atoms with Gasteiger partial charge in [0.2, 0.25) is 0 Å². The minimum atomic E-state index is -0.426. The van der Waals surface area contributed by atoms with Crippen LogP contribution in [0.5, 0.6) is 0 Å². The van der Waals surface area contributed by atoms with Gasteiger partial charge >= 0.3 is 0 Å². The third-order valence-electron chi connectivity index (χ3n) is 1.28. The zero-order chi connectivity index (χ0) is 5.28. The Bertz CT molecular complexity index is 99.1. The topological polar surface area (TPSA) is 43.7 Å². The lowest BCUT2D eigenvalue weighted by Gasteiger charge is -2.22. The molecule has 0 aromatic rings. The van der Waals surface area contributed by atoms with Crippen molar-refractivity contribution in [3.8, 4) is 6.07 Å². The first-order chi connectivity index (χ1) is 3.33. The first-order valence-corrected chi connectivity index (χ1v) is 2.38. The summed E-state index contributed by atoms with van der Waals surface area (Å²) >= 11 is 0. The van der Waals surface area contributed by atoms with E-state index in [0.29, 0.717) is 12.8 Å². The summed E-state index contributed by atoms with van der Waals surface area (Å²) in [5.41, 5.74) is 0. The Hall–Kier alpha value is -0.550. The van der Waals surface area contributed by atoms with Crippen LogP contribution in [0.2, 0.25) is 0 Å². The highest BCUT2D eigenvalue weighted by molar-refractivity contribution is 4.93. The molecule has 0 spiro atoms. The van der Waals surface area contributed by atoms with Crippen molar-refractivity contribution in [1.82, 2.24) is 0 Å². The first-order valence-electron chi connectivity index (χ1n) is 2.38. The van der Waals surface area contributed by atoms with Gasteiger partial charge in [-0.05, 0) is 12.8 Å². The second-order valence-electron chi connectivity index (χ2n) is 1.92. The average Bonchev–Trinajstić information content (AvgIpc) is 1.58. The number of hydrogen-bond acceptors (Lipinski definition) is 1. The molecular weight excluding hydrogens is 90.1 g/mol. The molecule has 1 aliphatic rings. The zero-order valence-electron chi connectivity index (χ0n) is 3.92. The van der Waals surface area contributed by atoms with E-state index in [2.05, 4.69) is 0 Å². The van der Waals surface area contributed by atoms with Crippen molar-refractivity contribution in [3.05, 3.63) is 0 Å². The Balaban J connectivity index is 2.21. The van der Waals surface area contributed by atoms with E-state index in [1.54, 1.807) is 0 Å². The van der Waals surface area contributed by atoms with E-state index in [1.165, 1.54) is 0 Å². The van der Waals surface area contributed by atoms with Crippen molar-refractivity contribution in [2.45, 2.75) is 18.9 Å². The molecule has 0 aliphatic heterocycles. The third-order valence-corrected chi connectivity index (χ3v) is 1.28. The highest BCUT2D eigenvalue weighted by Gasteiger charge is 2.27. The highest BCUT2D eigenvalue weighted by Crippen LogP contribution is 2.25. The van der Waals surface area contributed by atoms with Crippen LogP contribution < -0.4 is 0 Å². The molecule has 0 aromatic carbocycles. The maximum atomic E-state index is 10.2. The Morgan fingerprint density at radius 3 is 2.29 bits per heavy atom. The number of nitriles is 1. The minimum Gasteiger partial charge on any atom is -0.233 e.